The summed E-state index contributed by atoms with van der Waals surface area (Å²) >= 11 is 0. The number of aromatic nitrogens is 2. The normalized spacial score (nSPS) is 19.9. The maximum Gasteiger partial charge on any atom is 0.330 e. The van der Waals surface area contributed by atoms with E-state index in [0.29, 0.717) is 13.0 Å². The second-order valence-electron chi connectivity index (χ2n) is 5.17. The molecule has 8 nitrogen and oxygen atoms in total. The van der Waals surface area contributed by atoms with E-state index in [9.17, 15) is 14.4 Å². The van der Waals surface area contributed by atoms with E-state index >= 15 is 0 Å². The van der Waals surface area contributed by atoms with Crippen LogP contribution in [0.4, 0.5) is 0 Å². The SMILES string of the molecule is COC[C@@H]1CCC(n2cc(C#CCNC(C)=O)c(=O)[nH]c2=O)O1. The van der Waals surface area contributed by atoms with Crippen LogP contribution in [0, 0.1) is 11.8 Å². The third-order valence-electron chi connectivity index (χ3n) is 3.36. The fraction of sp³-hybridized carbons (Fsp3) is 0.533. The van der Waals surface area contributed by atoms with Crippen LogP contribution in [0.15, 0.2) is 15.8 Å². The number of methoxy groups -OCH3 is 1. The van der Waals surface area contributed by atoms with Gasteiger partial charge in [-0.05, 0) is 12.8 Å². The summed E-state index contributed by atoms with van der Waals surface area (Å²) in [5.41, 5.74) is -0.952. The van der Waals surface area contributed by atoms with Crippen LogP contribution in [0.25, 0.3) is 0 Å². The number of rotatable bonds is 4. The van der Waals surface area contributed by atoms with E-state index in [0.717, 1.165) is 6.42 Å². The summed E-state index contributed by atoms with van der Waals surface area (Å²) in [7, 11) is 1.59. The predicted octanol–water partition coefficient (Wildman–Crippen LogP) is -0.652. The van der Waals surface area contributed by atoms with Crippen molar-refractivity contribution in [2.24, 2.45) is 0 Å². The van der Waals surface area contributed by atoms with Gasteiger partial charge in [-0.1, -0.05) is 11.8 Å². The van der Waals surface area contributed by atoms with Crippen molar-refractivity contribution >= 4 is 5.91 Å². The van der Waals surface area contributed by atoms with Crippen LogP contribution >= 0.6 is 0 Å². The van der Waals surface area contributed by atoms with Gasteiger partial charge in [-0.3, -0.25) is 19.1 Å². The average Bonchev–Trinajstić information content (AvgIpc) is 2.94. The molecule has 1 aromatic rings. The number of aromatic amines is 1. The number of H-pyrrole nitrogens is 1. The van der Waals surface area contributed by atoms with Crippen LogP contribution in [-0.4, -0.2) is 41.8 Å². The van der Waals surface area contributed by atoms with Gasteiger partial charge >= 0.3 is 5.69 Å². The highest BCUT2D eigenvalue weighted by molar-refractivity contribution is 5.73. The van der Waals surface area contributed by atoms with Gasteiger partial charge in [-0.2, -0.15) is 0 Å². The van der Waals surface area contributed by atoms with Gasteiger partial charge in [-0.15, -0.1) is 0 Å². The van der Waals surface area contributed by atoms with Crippen molar-refractivity contribution in [1.29, 1.82) is 0 Å². The van der Waals surface area contributed by atoms with Crippen molar-refractivity contribution in [3.8, 4) is 11.8 Å². The number of nitrogens with one attached hydrogen (secondary N) is 2. The minimum atomic E-state index is -0.562. The van der Waals surface area contributed by atoms with E-state index in [1.807, 2.05) is 0 Å². The van der Waals surface area contributed by atoms with Crippen molar-refractivity contribution in [3.63, 3.8) is 0 Å². The Morgan fingerprint density at radius 3 is 3.00 bits per heavy atom. The number of carbonyl (C=O) groups is 1. The first-order valence-electron chi connectivity index (χ1n) is 7.24. The summed E-state index contributed by atoms with van der Waals surface area (Å²) in [6.45, 7) is 1.96. The molecule has 2 atom stereocenters. The topological polar surface area (TPSA) is 102 Å². The molecule has 1 amide bonds. The van der Waals surface area contributed by atoms with E-state index in [1.54, 1.807) is 7.11 Å². The number of ether oxygens (including phenoxy) is 2. The van der Waals surface area contributed by atoms with Gasteiger partial charge in [0.15, 0.2) is 0 Å². The minimum absolute atomic E-state index is 0.0712. The van der Waals surface area contributed by atoms with E-state index in [4.69, 9.17) is 9.47 Å². The first-order chi connectivity index (χ1) is 11.0. The molecule has 0 bridgehead atoms. The molecule has 1 aliphatic heterocycles. The van der Waals surface area contributed by atoms with Crippen LogP contribution in [0.2, 0.25) is 0 Å². The number of nitrogens with zero attached hydrogens (tertiary/aromatic N) is 1. The number of amides is 1. The summed E-state index contributed by atoms with van der Waals surface area (Å²) in [4.78, 5) is 36.7. The fourth-order valence-corrected chi connectivity index (χ4v) is 2.30. The van der Waals surface area contributed by atoms with Gasteiger partial charge < -0.3 is 14.8 Å². The Morgan fingerprint density at radius 2 is 2.30 bits per heavy atom. The molecule has 2 rings (SSSR count). The predicted molar refractivity (Wildman–Crippen MR) is 81.9 cm³/mol. The van der Waals surface area contributed by atoms with Crippen LogP contribution < -0.4 is 16.6 Å². The molecule has 23 heavy (non-hydrogen) atoms. The third kappa shape index (κ3) is 4.55. The van der Waals surface area contributed by atoms with Gasteiger partial charge in [0, 0.05) is 20.2 Å². The molecule has 8 heteroatoms. The van der Waals surface area contributed by atoms with E-state index in [1.165, 1.54) is 17.7 Å². The summed E-state index contributed by atoms with van der Waals surface area (Å²) in [6.07, 6.45) is 2.29. The lowest BCUT2D eigenvalue weighted by atomic mass is 10.2. The molecule has 0 aliphatic carbocycles. The molecule has 1 aromatic heterocycles. The minimum Gasteiger partial charge on any atom is -0.382 e. The Bertz CT molecular complexity index is 740. The third-order valence-corrected chi connectivity index (χ3v) is 3.36. The van der Waals surface area contributed by atoms with E-state index in [2.05, 4.69) is 22.1 Å². The lowest BCUT2D eigenvalue weighted by molar-refractivity contribution is -0.118. The van der Waals surface area contributed by atoms with Gasteiger partial charge in [0.05, 0.1) is 19.3 Å². The summed E-state index contributed by atoms with van der Waals surface area (Å²) < 4.78 is 12.1. The second-order valence-corrected chi connectivity index (χ2v) is 5.17. The molecule has 2 heterocycles. The smallest absolute Gasteiger partial charge is 0.330 e. The Hall–Kier alpha value is -2.37. The molecule has 0 saturated carbocycles. The molecule has 124 valence electrons. The van der Waals surface area contributed by atoms with E-state index < -0.39 is 17.5 Å². The van der Waals surface area contributed by atoms with Crippen molar-refractivity contribution in [2.75, 3.05) is 20.3 Å². The van der Waals surface area contributed by atoms with Crippen LogP contribution in [0.5, 0.6) is 0 Å². The molecular weight excluding hydrogens is 302 g/mol. The van der Waals surface area contributed by atoms with Crippen molar-refractivity contribution in [1.82, 2.24) is 14.9 Å². The standard InChI is InChI=1S/C15H19N3O5/c1-10(19)16-7-3-4-11-8-18(15(21)17-14(11)20)13-6-5-12(23-13)9-22-2/h8,12-13H,5-7,9H2,1-2H3,(H,16,19)(H,17,20,21)/t12-,13?/m0/s1. The quantitative estimate of drug-likeness (QED) is 0.717. The Kier molecular flexibility index (Phi) is 5.73. The first kappa shape index (κ1) is 17.0. The average molecular weight is 321 g/mol. The van der Waals surface area contributed by atoms with Crippen LogP contribution in [0.1, 0.15) is 31.6 Å². The first-order valence-corrected chi connectivity index (χ1v) is 7.24. The zero-order valence-electron chi connectivity index (χ0n) is 13.0. The number of hydrogen-bond donors (Lipinski definition) is 2. The van der Waals surface area contributed by atoms with Gasteiger partial charge in [0.25, 0.3) is 5.56 Å². The molecule has 0 spiro atoms. The molecule has 1 aliphatic rings. The maximum absolute atomic E-state index is 12.0. The van der Waals surface area contributed by atoms with Crippen molar-refractivity contribution < 1.29 is 14.3 Å². The molecule has 0 radical (unpaired) electrons. The van der Waals surface area contributed by atoms with E-state index in [-0.39, 0.29) is 24.1 Å². The zero-order valence-corrected chi connectivity index (χ0v) is 13.0. The molecule has 1 fully saturated rings. The highest BCUT2D eigenvalue weighted by Gasteiger charge is 2.27. The summed E-state index contributed by atoms with van der Waals surface area (Å²) in [5, 5.41) is 2.50. The largest absolute Gasteiger partial charge is 0.382 e. The summed E-state index contributed by atoms with van der Waals surface area (Å²) in [6, 6.07) is 0. The van der Waals surface area contributed by atoms with Crippen LogP contribution in [0.3, 0.4) is 0 Å². The van der Waals surface area contributed by atoms with Gasteiger partial charge in [0.2, 0.25) is 5.91 Å². The molecule has 1 saturated heterocycles. The highest BCUT2D eigenvalue weighted by atomic mass is 16.5. The highest BCUT2D eigenvalue weighted by Crippen LogP contribution is 2.26. The Morgan fingerprint density at radius 1 is 1.52 bits per heavy atom. The number of carbonyl (C=O) groups excluding carboxylic acids is 1. The monoisotopic (exact) mass is 321 g/mol. The molecule has 1 unspecified atom stereocenters. The lowest BCUT2D eigenvalue weighted by Gasteiger charge is -2.15. The molecule has 2 N–H and O–H groups in total. The summed E-state index contributed by atoms with van der Waals surface area (Å²) in [5.74, 6) is 5.10. The number of hydrogen-bond acceptors (Lipinski definition) is 5. The zero-order chi connectivity index (χ0) is 16.8. The fourth-order valence-electron chi connectivity index (χ4n) is 2.30. The Balaban J connectivity index is 2.18. The van der Waals surface area contributed by atoms with Gasteiger partial charge in [0.1, 0.15) is 11.8 Å². The van der Waals surface area contributed by atoms with Crippen LogP contribution in [-0.2, 0) is 14.3 Å². The molecule has 0 aromatic carbocycles. The lowest BCUT2D eigenvalue weighted by Crippen LogP contribution is -2.33. The van der Waals surface area contributed by atoms with Crippen molar-refractivity contribution in [3.05, 3.63) is 32.6 Å². The van der Waals surface area contributed by atoms with Crippen molar-refractivity contribution in [2.45, 2.75) is 32.1 Å². The van der Waals surface area contributed by atoms with Gasteiger partial charge in [-0.25, -0.2) is 4.79 Å². The molecular formula is C15H19N3O5. The maximum atomic E-state index is 12.0. The Labute approximate surface area is 132 Å². The second kappa shape index (κ2) is 7.76.